The van der Waals surface area contributed by atoms with Crippen molar-refractivity contribution in [3.05, 3.63) is 46.2 Å². The Morgan fingerprint density at radius 1 is 1.21 bits per heavy atom. The number of phenols is 1. The standard InChI is InChI=1S/C23H26N2O8/c1-4-25(3)16-11-8-10-14(17(27)13-9(22(10,2)32)6-5-7-12(13)26)19(29)23(11,33)20(30)15(18(16)28)21(24)31/h5-7,10-11,16,26-27,30,32-33H,4,8H2,1-3H3,(H2,24,31)/t10-,11-,16-,22+,23-/m0/s1. The SMILES string of the molecule is CCN(C)[C@@H]1C(=O)C(C(N)=O)=C(O)[C@@]2(O)C(=O)C3=C(O)c4c(O)cccc4[C@@](C)(O)[C@H]3C[C@@H]12. The summed E-state index contributed by atoms with van der Waals surface area (Å²) in [4.78, 5) is 40.5. The molecule has 1 saturated carbocycles. The summed E-state index contributed by atoms with van der Waals surface area (Å²) in [7, 11) is 1.56. The predicted molar refractivity (Wildman–Crippen MR) is 115 cm³/mol. The number of Topliss-reactive ketones (excluding diaryl/α,β-unsaturated/α-hetero) is 2. The van der Waals surface area contributed by atoms with Crippen molar-refractivity contribution in [3.63, 3.8) is 0 Å². The first-order valence-electron chi connectivity index (χ1n) is 10.5. The van der Waals surface area contributed by atoms with Gasteiger partial charge in [0.25, 0.3) is 5.91 Å². The van der Waals surface area contributed by atoms with E-state index >= 15 is 0 Å². The number of hydrogen-bond acceptors (Lipinski definition) is 9. The third-order valence-corrected chi connectivity index (χ3v) is 7.44. The van der Waals surface area contributed by atoms with E-state index in [1.807, 2.05) is 0 Å². The van der Waals surface area contributed by atoms with Crippen LogP contribution < -0.4 is 5.73 Å². The molecule has 5 atom stereocenters. The highest BCUT2D eigenvalue weighted by molar-refractivity contribution is 6.24. The number of carbonyl (C=O) groups excluding carboxylic acids is 3. The molecule has 1 amide bonds. The average Bonchev–Trinajstić information content (AvgIpc) is 2.74. The highest BCUT2D eigenvalue weighted by Gasteiger charge is 2.66. The Morgan fingerprint density at radius 3 is 2.42 bits per heavy atom. The van der Waals surface area contributed by atoms with Gasteiger partial charge in [-0.2, -0.15) is 0 Å². The van der Waals surface area contributed by atoms with E-state index in [4.69, 9.17) is 5.73 Å². The minimum Gasteiger partial charge on any atom is -0.508 e. The molecule has 1 aromatic carbocycles. The number of phenolic OH excluding ortho intramolecular Hbond substituents is 1. The Morgan fingerprint density at radius 2 is 1.85 bits per heavy atom. The monoisotopic (exact) mass is 458 g/mol. The van der Waals surface area contributed by atoms with E-state index in [1.165, 1.54) is 30.0 Å². The first kappa shape index (κ1) is 23.0. The number of aliphatic hydroxyl groups is 4. The first-order chi connectivity index (χ1) is 15.3. The van der Waals surface area contributed by atoms with Gasteiger partial charge < -0.3 is 31.3 Å². The number of likely N-dealkylation sites (N-methyl/N-ethyl adjacent to an activating group) is 1. The summed E-state index contributed by atoms with van der Waals surface area (Å²) in [5, 5.41) is 55.2. The number of amides is 1. The molecule has 0 saturated heterocycles. The lowest BCUT2D eigenvalue weighted by Gasteiger charge is -2.53. The van der Waals surface area contributed by atoms with Crippen LogP contribution in [0.25, 0.3) is 5.76 Å². The lowest BCUT2D eigenvalue weighted by atomic mass is 9.54. The van der Waals surface area contributed by atoms with Crippen LogP contribution in [0.5, 0.6) is 5.75 Å². The molecule has 0 heterocycles. The molecule has 10 nitrogen and oxygen atoms in total. The maximum atomic E-state index is 13.7. The Kier molecular flexibility index (Phi) is 4.97. The fourth-order valence-electron chi connectivity index (χ4n) is 5.61. The molecule has 4 rings (SSSR count). The Bertz CT molecular complexity index is 1170. The molecule has 0 aromatic heterocycles. The Hall–Kier alpha value is -3.21. The van der Waals surface area contributed by atoms with Gasteiger partial charge in [0.05, 0.1) is 17.2 Å². The van der Waals surface area contributed by atoms with E-state index in [-0.39, 0.29) is 17.5 Å². The molecule has 0 unspecified atom stereocenters. The van der Waals surface area contributed by atoms with Gasteiger partial charge in [-0.3, -0.25) is 19.3 Å². The van der Waals surface area contributed by atoms with Gasteiger partial charge in [-0.25, -0.2) is 0 Å². The normalized spacial score (nSPS) is 33.7. The van der Waals surface area contributed by atoms with Gasteiger partial charge in [-0.05, 0) is 38.6 Å². The van der Waals surface area contributed by atoms with Crippen LogP contribution in [0.3, 0.4) is 0 Å². The summed E-state index contributed by atoms with van der Waals surface area (Å²) in [6, 6.07) is 3.04. The second-order valence-electron chi connectivity index (χ2n) is 9.07. The minimum absolute atomic E-state index is 0.170. The number of nitrogens with zero attached hydrogens (tertiary/aromatic N) is 1. The van der Waals surface area contributed by atoms with Crippen LogP contribution in [-0.2, 0) is 20.0 Å². The van der Waals surface area contributed by atoms with Gasteiger partial charge in [-0.15, -0.1) is 0 Å². The number of aliphatic hydroxyl groups excluding tert-OH is 2. The van der Waals surface area contributed by atoms with E-state index in [9.17, 15) is 39.9 Å². The molecular weight excluding hydrogens is 432 g/mol. The van der Waals surface area contributed by atoms with Crippen LogP contribution in [0, 0.1) is 11.8 Å². The Labute approximate surface area is 189 Å². The lowest BCUT2D eigenvalue weighted by Crippen LogP contribution is -2.67. The summed E-state index contributed by atoms with van der Waals surface area (Å²) in [6.07, 6.45) is -0.194. The summed E-state index contributed by atoms with van der Waals surface area (Å²) in [5.74, 6) is -7.85. The van der Waals surface area contributed by atoms with Crippen LogP contribution in [-0.4, -0.2) is 73.1 Å². The second-order valence-corrected chi connectivity index (χ2v) is 9.07. The molecule has 0 aliphatic heterocycles. The van der Waals surface area contributed by atoms with Crippen molar-refractivity contribution in [2.24, 2.45) is 17.6 Å². The number of primary amides is 1. The maximum Gasteiger partial charge on any atom is 0.255 e. The van der Waals surface area contributed by atoms with Gasteiger partial charge >= 0.3 is 0 Å². The molecule has 1 fully saturated rings. The average molecular weight is 458 g/mol. The van der Waals surface area contributed by atoms with E-state index < -0.39 is 75.0 Å². The summed E-state index contributed by atoms with van der Waals surface area (Å²) >= 11 is 0. The van der Waals surface area contributed by atoms with Crippen molar-refractivity contribution in [1.29, 1.82) is 0 Å². The zero-order valence-electron chi connectivity index (χ0n) is 18.4. The molecule has 33 heavy (non-hydrogen) atoms. The van der Waals surface area contributed by atoms with E-state index in [1.54, 1.807) is 14.0 Å². The van der Waals surface area contributed by atoms with E-state index in [0.717, 1.165) is 0 Å². The Balaban J connectivity index is 2.04. The summed E-state index contributed by atoms with van der Waals surface area (Å²) in [5.41, 5.74) is -0.487. The molecule has 10 heteroatoms. The maximum absolute atomic E-state index is 13.7. The fourth-order valence-corrected chi connectivity index (χ4v) is 5.61. The van der Waals surface area contributed by atoms with Gasteiger partial charge in [0, 0.05) is 17.4 Å². The number of ketones is 2. The van der Waals surface area contributed by atoms with Crippen molar-refractivity contribution < 1.29 is 39.9 Å². The van der Waals surface area contributed by atoms with Crippen molar-refractivity contribution in [1.82, 2.24) is 4.90 Å². The van der Waals surface area contributed by atoms with Gasteiger partial charge in [0.1, 0.15) is 22.8 Å². The summed E-state index contributed by atoms with van der Waals surface area (Å²) in [6.45, 7) is 3.44. The number of rotatable bonds is 3. The molecule has 7 N–H and O–H groups in total. The number of hydrogen-bond donors (Lipinski definition) is 6. The third kappa shape index (κ3) is 2.74. The van der Waals surface area contributed by atoms with Crippen molar-refractivity contribution in [2.75, 3.05) is 13.6 Å². The number of carbonyl (C=O) groups is 3. The topological polar surface area (TPSA) is 182 Å². The van der Waals surface area contributed by atoms with E-state index in [2.05, 4.69) is 0 Å². The number of nitrogens with two attached hydrogens (primary N) is 1. The zero-order valence-corrected chi connectivity index (χ0v) is 18.4. The molecule has 1 aromatic rings. The number of benzene rings is 1. The molecule has 176 valence electrons. The van der Waals surface area contributed by atoms with Crippen molar-refractivity contribution in [3.8, 4) is 5.75 Å². The minimum atomic E-state index is -2.75. The highest BCUT2D eigenvalue weighted by Crippen LogP contribution is 2.57. The molecule has 0 radical (unpaired) electrons. The molecule has 3 aliphatic rings. The third-order valence-electron chi connectivity index (χ3n) is 7.44. The van der Waals surface area contributed by atoms with Crippen molar-refractivity contribution in [2.45, 2.75) is 37.5 Å². The second kappa shape index (κ2) is 7.14. The van der Waals surface area contributed by atoms with Crippen LogP contribution in [0.1, 0.15) is 31.4 Å². The smallest absolute Gasteiger partial charge is 0.255 e. The molecule has 3 aliphatic carbocycles. The first-order valence-corrected chi connectivity index (χ1v) is 10.5. The highest BCUT2D eigenvalue weighted by atomic mass is 16.3. The molecule has 0 spiro atoms. The van der Waals surface area contributed by atoms with Gasteiger partial charge in [-0.1, -0.05) is 19.1 Å². The van der Waals surface area contributed by atoms with Crippen LogP contribution in [0.2, 0.25) is 0 Å². The number of aromatic hydroxyl groups is 1. The molecule has 0 bridgehead atoms. The van der Waals surface area contributed by atoms with Gasteiger partial charge in [0.2, 0.25) is 5.78 Å². The predicted octanol–water partition coefficient (Wildman–Crippen LogP) is 0.0191. The van der Waals surface area contributed by atoms with Crippen LogP contribution in [0.15, 0.2) is 35.1 Å². The zero-order chi connectivity index (χ0) is 24.6. The number of fused-ring (bicyclic) bond motifs is 3. The van der Waals surface area contributed by atoms with Crippen molar-refractivity contribution >= 4 is 23.2 Å². The lowest BCUT2D eigenvalue weighted by molar-refractivity contribution is -0.159. The summed E-state index contributed by atoms with van der Waals surface area (Å²) < 4.78 is 0. The van der Waals surface area contributed by atoms with Crippen LogP contribution in [0.4, 0.5) is 0 Å². The quantitative estimate of drug-likeness (QED) is 0.340. The van der Waals surface area contributed by atoms with E-state index in [0.29, 0.717) is 6.54 Å². The largest absolute Gasteiger partial charge is 0.508 e. The fraction of sp³-hybridized carbons (Fsp3) is 0.435. The van der Waals surface area contributed by atoms with Gasteiger partial charge in [0.15, 0.2) is 11.4 Å². The molecular formula is C23H26N2O8. The van der Waals surface area contributed by atoms with Crippen LogP contribution >= 0.6 is 0 Å².